The maximum atomic E-state index is 6.09. The lowest BCUT2D eigenvalue weighted by Crippen LogP contribution is -1.96. The molecule has 0 unspecified atom stereocenters. The van der Waals surface area contributed by atoms with Crippen molar-refractivity contribution in [1.29, 1.82) is 0 Å². The van der Waals surface area contributed by atoms with Crippen molar-refractivity contribution in [2.24, 2.45) is 0 Å². The van der Waals surface area contributed by atoms with Crippen molar-refractivity contribution in [2.75, 3.05) is 0 Å². The third-order valence-corrected chi connectivity index (χ3v) is 5.92. The largest absolute Gasteiger partial charge is 0.489 e. The second kappa shape index (κ2) is 7.54. The summed E-state index contributed by atoms with van der Waals surface area (Å²) in [4.78, 5) is 5.06. The van der Waals surface area contributed by atoms with Gasteiger partial charge >= 0.3 is 0 Å². The number of hydrogen-bond acceptors (Lipinski definition) is 2. The first-order valence-electron chi connectivity index (χ1n) is 10.8. The molecule has 6 aromatic rings. The van der Waals surface area contributed by atoms with Crippen LogP contribution in [0.15, 0.2) is 103 Å². The molecule has 3 nitrogen and oxygen atoms in total. The molecule has 0 aliphatic carbocycles. The lowest BCUT2D eigenvalue weighted by Gasteiger charge is -2.10. The molecule has 0 saturated carbocycles. The molecular formula is C29H22N2O. The Morgan fingerprint density at radius 3 is 2.31 bits per heavy atom. The summed E-state index contributed by atoms with van der Waals surface area (Å²) >= 11 is 0. The molecule has 0 aliphatic rings. The van der Waals surface area contributed by atoms with E-state index in [9.17, 15) is 0 Å². The van der Waals surface area contributed by atoms with Crippen LogP contribution in [0.1, 0.15) is 11.1 Å². The summed E-state index contributed by atoms with van der Waals surface area (Å²) in [6.45, 7) is 2.68. The fraction of sp³-hybridized carbons (Fsp3) is 0.0690. The summed E-state index contributed by atoms with van der Waals surface area (Å²) in [6, 6.07) is 35.7. The summed E-state index contributed by atoms with van der Waals surface area (Å²) in [6.07, 6.45) is 0. The molecule has 2 aromatic heterocycles. The normalized spacial score (nSPS) is 11.4. The molecule has 0 amide bonds. The van der Waals surface area contributed by atoms with Crippen LogP contribution in [0.4, 0.5) is 0 Å². The van der Waals surface area contributed by atoms with Gasteiger partial charge in [0.2, 0.25) is 0 Å². The highest BCUT2D eigenvalue weighted by Gasteiger charge is 2.14. The quantitative estimate of drug-likeness (QED) is 0.305. The lowest BCUT2D eigenvalue weighted by atomic mass is 10.1. The Bertz CT molecular complexity index is 1570. The number of aryl methyl sites for hydroxylation is 1. The first-order chi connectivity index (χ1) is 15.8. The molecule has 0 atom stereocenters. The molecule has 0 radical (unpaired) electrons. The average Bonchev–Trinajstić information content (AvgIpc) is 3.22. The zero-order chi connectivity index (χ0) is 21.5. The van der Waals surface area contributed by atoms with Crippen molar-refractivity contribution >= 4 is 27.5 Å². The van der Waals surface area contributed by atoms with Gasteiger partial charge in [0.05, 0.1) is 27.8 Å². The number of rotatable bonds is 4. The van der Waals surface area contributed by atoms with E-state index < -0.39 is 0 Å². The van der Waals surface area contributed by atoms with Gasteiger partial charge in [-0.1, -0.05) is 66.7 Å². The molecular weight excluding hydrogens is 392 g/mol. The molecule has 4 aromatic carbocycles. The standard InChI is InChI=1S/C29H22N2O/c1-20-12-14-25-27(16-20)31-26-15-13-24(32-19-21-8-4-2-5-9-21)17-23(26)18-28(31)29(30-25)22-10-6-3-7-11-22/h2-18H,19H2,1H3. The zero-order valence-corrected chi connectivity index (χ0v) is 17.8. The Hall–Kier alpha value is -4.11. The van der Waals surface area contributed by atoms with Crippen LogP contribution in [0.5, 0.6) is 5.75 Å². The Balaban J connectivity index is 1.55. The van der Waals surface area contributed by atoms with E-state index in [0.717, 1.165) is 50.0 Å². The van der Waals surface area contributed by atoms with Gasteiger partial charge < -0.3 is 9.14 Å². The topological polar surface area (TPSA) is 26.5 Å². The van der Waals surface area contributed by atoms with E-state index in [-0.39, 0.29) is 0 Å². The van der Waals surface area contributed by atoms with Gasteiger partial charge in [0.25, 0.3) is 0 Å². The molecule has 0 fully saturated rings. The fourth-order valence-electron chi connectivity index (χ4n) is 4.35. The van der Waals surface area contributed by atoms with Gasteiger partial charge in [0.1, 0.15) is 12.4 Å². The molecule has 0 aliphatic heterocycles. The second-order valence-corrected chi connectivity index (χ2v) is 8.18. The van der Waals surface area contributed by atoms with Crippen LogP contribution >= 0.6 is 0 Å². The minimum absolute atomic E-state index is 0.554. The van der Waals surface area contributed by atoms with E-state index in [1.807, 2.05) is 24.3 Å². The van der Waals surface area contributed by atoms with E-state index in [2.05, 4.69) is 90.2 Å². The summed E-state index contributed by atoms with van der Waals surface area (Å²) in [5.74, 6) is 0.868. The second-order valence-electron chi connectivity index (χ2n) is 8.18. The SMILES string of the molecule is Cc1ccc2nc(-c3ccccc3)c3cc4cc(OCc5ccccc5)ccc4n3c2c1. The molecule has 0 spiro atoms. The lowest BCUT2D eigenvalue weighted by molar-refractivity contribution is 0.306. The van der Waals surface area contributed by atoms with Gasteiger partial charge in [0, 0.05) is 10.9 Å². The molecule has 0 bridgehead atoms. The van der Waals surface area contributed by atoms with Crippen molar-refractivity contribution in [3.8, 4) is 17.0 Å². The van der Waals surface area contributed by atoms with Gasteiger partial charge in [-0.3, -0.25) is 0 Å². The summed E-state index contributed by atoms with van der Waals surface area (Å²) in [5, 5.41) is 1.14. The Labute approximate surface area is 186 Å². The summed E-state index contributed by atoms with van der Waals surface area (Å²) < 4.78 is 8.42. The molecule has 0 N–H and O–H groups in total. The number of ether oxygens (including phenoxy) is 1. The number of hydrogen-bond donors (Lipinski definition) is 0. The molecule has 154 valence electrons. The van der Waals surface area contributed by atoms with Crippen LogP contribution < -0.4 is 4.74 Å². The van der Waals surface area contributed by atoms with Crippen molar-refractivity contribution in [3.05, 3.63) is 114 Å². The van der Waals surface area contributed by atoms with E-state index >= 15 is 0 Å². The molecule has 6 rings (SSSR count). The third kappa shape index (κ3) is 3.19. The predicted molar refractivity (Wildman–Crippen MR) is 131 cm³/mol. The van der Waals surface area contributed by atoms with Gasteiger partial charge in [-0.25, -0.2) is 4.98 Å². The van der Waals surface area contributed by atoms with Crippen molar-refractivity contribution < 1.29 is 4.74 Å². The number of aromatic nitrogens is 2. The monoisotopic (exact) mass is 414 g/mol. The van der Waals surface area contributed by atoms with E-state index in [1.54, 1.807) is 0 Å². The molecule has 2 heterocycles. The maximum absolute atomic E-state index is 6.09. The van der Waals surface area contributed by atoms with E-state index in [0.29, 0.717) is 6.61 Å². The number of fused-ring (bicyclic) bond motifs is 5. The molecule has 32 heavy (non-hydrogen) atoms. The van der Waals surface area contributed by atoms with Gasteiger partial charge in [0.15, 0.2) is 0 Å². The first kappa shape index (κ1) is 18.6. The molecule has 0 saturated heterocycles. The van der Waals surface area contributed by atoms with Crippen LogP contribution in [0.2, 0.25) is 0 Å². The van der Waals surface area contributed by atoms with Crippen LogP contribution in [-0.2, 0) is 6.61 Å². The average molecular weight is 415 g/mol. The van der Waals surface area contributed by atoms with E-state index in [4.69, 9.17) is 9.72 Å². The summed E-state index contributed by atoms with van der Waals surface area (Å²) in [5.41, 5.74) is 8.85. The number of nitrogens with zero attached hydrogens (tertiary/aromatic N) is 2. The Kier molecular flexibility index (Phi) is 4.39. The van der Waals surface area contributed by atoms with Crippen molar-refractivity contribution in [1.82, 2.24) is 9.38 Å². The van der Waals surface area contributed by atoms with Crippen molar-refractivity contribution in [3.63, 3.8) is 0 Å². The fourth-order valence-corrected chi connectivity index (χ4v) is 4.35. The zero-order valence-electron chi connectivity index (χ0n) is 17.8. The highest BCUT2D eigenvalue weighted by Crippen LogP contribution is 2.33. The minimum Gasteiger partial charge on any atom is -0.489 e. The van der Waals surface area contributed by atoms with Crippen molar-refractivity contribution in [2.45, 2.75) is 13.5 Å². The Morgan fingerprint density at radius 1 is 0.719 bits per heavy atom. The van der Waals surface area contributed by atoms with Crippen LogP contribution in [0.3, 0.4) is 0 Å². The summed E-state index contributed by atoms with van der Waals surface area (Å²) in [7, 11) is 0. The number of benzene rings is 4. The highest BCUT2D eigenvalue weighted by molar-refractivity contribution is 5.99. The highest BCUT2D eigenvalue weighted by atomic mass is 16.5. The van der Waals surface area contributed by atoms with Gasteiger partial charge in [-0.2, -0.15) is 0 Å². The van der Waals surface area contributed by atoms with E-state index in [1.165, 1.54) is 5.56 Å². The smallest absolute Gasteiger partial charge is 0.120 e. The Morgan fingerprint density at radius 2 is 1.50 bits per heavy atom. The van der Waals surface area contributed by atoms with Crippen LogP contribution in [-0.4, -0.2) is 9.38 Å². The molecule has 3 heteroatoms. The third-order valence-electron chi connectivity index (χ3n) is 5.92. The van der Waals surface area contributed by atoms with Gasteiger partial charge in [-0.15, -0.1) is 0 Å². The minimum atomic E-state index is 0.554. The maximum Gasteiger partial charge on any atom is 0.120 e. The van der Waals surface area contributed by atoms with Crippen LogP contribution in [0, 0.1) is 6.92 Å². The first-order valence-corrected chi connectivity index (χ1v) is 10.8. The predicted octanol–water partition coefficient (Wildman–Crippen LogP) is 7.20. The van der Waals surface area contributed by atoms with Gasteiger partial charge in [-0.05, 0) is 54.4 Å². The van der Waals surface area contributed by atoms with Crippen LogP contribution in [0.25, 0.3) is 38.7 Å².